The van der Waals surface area contributed by atoms with Crippen molar-refractivity contribution < 1.29 is 27.5 Å². The molecule has 2 rings (SSSR count). The fourth-order valence-corrected chi connectivity index (χ4v) is 2.03. The highest BCUT2D eigenvalue weighted by atomic mass is 19.2. The number of aromatic nitrogens is 1. The molecule has 9 heteroatoms. The zero-order valence-corrected chi connectivity index (χ0v) is 12.1. The molecule has 1 amide bonds. The van der Waals surface area contributed by atoms with E-state index >= 15 is 0 Å². The number of amides is 1. The topological polar surface area (TPSA) is 77.4 Å². The summed E-state index contributed by atoms with van der Waals surface area (Å²) in [5.74, 6) is -6.23. The maximum absolute atomic E-state index is 14.0. The van der Waals surface area contributed by atoms with Gasteiger partial charge >= 0.3 is 12.0 Å². The van der Waals surface area contributed by atoms with Crippen LogP contribution in [0.15, 0.2) is 17.1 Å². The maximum Gasteiger partial charge on any atom is 0.343 e. The summed E-state index contributed by atoms with van der Waals surface area (Å²) in [6, 6.07) is -0.524. The van der Waals surface area contributed by atoms with Crippen molar-refractivity contribution in [2.24, 2.45) is 0 Å². The fraction of sp³-hybridized carbons (Fsp3) is 0.214. The Bertz CT molecular complexity index is 877. The number of esters is 1. The predicted octanol–water partition coefficient (Wildman–Crippen LogP) is 1.78. The molecule has 0 spiro atoms. The first-order valence-corrected chi connectivity index (χ1v) is 6.45. The van der Waals surface area contributed by atoms with E-state index in [2.05, 4.69) is 10.1 Å². The van der Waals surface area contributed by atoms with Gasteiger partial charge in [0, 0.05) is 13.2 Å². The molecule has 23 heavy (non-hydrogen) atoms. The number of hydrogen-bond donors (Lipinski definition) is 1. The van der Waals surface area contributed by atoms with E-state index in [-0.39, 0.29) is 6.61 Å². The first-order chi connectivity index (χ1) is 10.8. The second-order valence-electron chi connectivity index (χ2n) is 4.40. The molecule has 2 aromatic rings. The monoisotopic (exact) mass is 328 g/mol. The molecule has 1 aromatic carbocycles. The third-order valence-corrected chi connectivity index (χ3v) is 3.05. The number of nitrogens with one attached hydrogen (secondary N) is 1. The lowest BCUT2D eigenvalue weighted by Crippen LogP contribution is -2.30. The molecule has 0 aliphatic heterocycles. The van der Waals surface area contributed by atoms with Gasteiger partial charge in [-0.3, -0.25) is 9.36 Å². The van der Waals surface area contributed by atoms with Crippen molar-refractivity contribution in [2.45, 2.75) is 6.92 Å². The molecule has 0 saturated carbocycles. The summed E-state index contributed by atoms with van der Waals surface area (Å²) >= 11 is 0. The number of ether oxygens (including phenoxy) is 1. The van der Waals surface area contributed by atoms with Crippen molar-refractivity contribution in [1.29, 1.82) is 0 Å². The quantitative estimate of drug-likeness (QED) is 0.673. The summed E-state index contributed by atoms with van der Waals surface area (Å²) in [5.41, 5.74) is -2.45. The van der Waals surface area contributed by atoms with E-state index in [0.717, 1.165) is 6.20 Å². The standard InChI is InChI=1S/C14H11F3N2O4/c1-3-23-13(21)7-5-19(14(22)18-2)11-6(12(7)20)4-8(15)9(16)10(11)17/h4-5H,3H2,1-2H3,(H,18,22). The number of nitrogens with zero attached hydrogens (tertiary/aromatic N) is 1. The number of rotatable bonds is 2. The van der Waals surface area contributed by atoms with Crippen LogP contribution in [0, 0.1) is 17.5 Å². The first-order valence-electron chi connectivity index (χ1n) is 6.45. The number of fused-ring (bicyclic) bond motifs is 1. The minimum absolute atomic E-state index is 0.0532. The van der Waals surface area contributed by atoms with Gasteiger partial charge in [0.25, 0.3) is 0 Å². The number of carbonyl (C=O) groups excluding carboxylic acids is 2. The average Bonchev–Trinajstić information content (AvgIpc) is 2.53. The molecular formula is C14H11F3N2O4. The van der Waals surface area contributed by atoms with E-state index in [4.69, 9.17) is 0 Å². The Labute approximate surface area is 127 Å². The van der Waals surface area contributed by atoms with Crippen molar-refractivity contribution >= 4 is 22.9 Å². The van der Waals surface area contributed by atoms with Gasteiger partial charge < -0.3 is 10.1 Å². The molecular weight excluding hydrogens is 317 g/mol. The van der Waals surface area contributed by atoms with E-state index in [1.165, 1.54) is 14.0 Å². The van der Waals surface area contributed by atoms with Gasteiger partial charge in [0.2, 0.25) is 5.43 Å². The third-order valence-electron chi connectivity index (χ3n) is 3.05. The average molecular weight is 328 g/mol. The van der Waals surface area contributed by atoms with Gasteiger partial charge in [0.05, 0.1) is 12.0 Å². The van der Waals surface area contributed by atoms with Gasteiger partial charge in [-0.2, -0.15) is 0 Å². The van der Waals surface area contributed by atoms with Crippen LogP contribution in [0.2, 0.25) is 0 Å². The van der Waals surface area contributed by atoms with Gasteiger partial charge in [-0.25, -0.2) is 22.8 Å². The van der Waals surface area contributed by atoms with Crippen molar-refractivity contribution in [3.8, 4) is 0 Å². The van der Waals surface area contributed by atoms with E-state index in [0.29, 0.717) is 10.6 Å². The van der Waals surface area contributed by atoms with Gasteiger partial charge in [0.1, 0.15) is 11.1 Å². The van der Waals surface area contributed by atoms with Crippen molar-refractivity contribution in [2.75, 3.05) is 13.7 Å². The van der Waals surface area contributed by atoms with Crippen LogP contribution >= 0.6 is 0 Å². The van der Waals surface area contributed by atoms with Gasteiger partial charge in [-0.1, -0.05) is 0 Å². The van der Waals surface area contributed by atoms with Crippen LogP contribution in [0.25, 0.3) is 10.9 Å². The second kappa shape index (κ2) is 6.11. The molecule has 1 aromatic heterocycles. The van der Waals surface area contributed by atoms with Crippen LogP contribution in [0.5, 0.6) is 0 Å². The Morgan fingerprint density at radius 2 is 1.91 bits per heavy atom. The number of benzene rings is 1. The molecule has 0 saturated heterocycles. The molecule has 1 heterocycles. The van der Waals surface area contributed by atoms with E-state index in [1.54, 1.807) is 0 Å². The predicted molar refractivity (Wildman–Crippen MR) is 73.9 cm³/mol. The van der Waals surface area contributed by atoms with Gasteiger partial charge in [-0.05, 0) is 13.0 Å². The lowest BCUT2D eigenvalue weighted by molar-refractivity contribution is 0.0524. The highest BCUT2D eigenvalue weighted by Crippen LogP contribution is 2.22. The lowest BCUT2D eigenvalue weighted by Gasteiger charge is -2.12. The fourth-order valence-electron chi connectivity index (χ4n) is 2.03. The highest BCUT2D eigenvalue weighted by Gasteiger charge is 2.24. The maximum atomic E-state index is 14.0. The SMILES string of the molecule is CCOC(=O)c1cn(C(=O)NC)c2c(F)c(F)c(F)cc2c1=O. The Balaban J connectivity index is 2.98. The van der Waals surface area contributed by atoms with Crippen LogP contribution in [0.4, 0.5) is 18.0 Å². The summed E-state index contributed by atoms with van der Waals surface area (Å²) in [6.45, 7) is 1.44. The third kappa shape index (κ3) is 2.65. The second-order valence-corrected chi connectivity index (χ2v) is 4.40. The molecule has 0 fully saturated rings. The molecule has 0 bridgehead atoms. The van der Waals surface area contributed by atoms with Crippen LogP contribution < -0.4 is 10.7 Å². The van der Waals surface area contributed by atoms with Crippen LogP contribution in [0.1, 0.15) is 17.3 Å². The minimum atomic E-state index is -1.83. The highest BCUT2D eigenvalue weighted by molar-refractivity contribution is 5.97. The Morgan fingerprint density at radius 3 is 2.48 bits per heavy atom. The molecule has 0 atom stereocenters. The number of carbonyl (C=O) groups is 2. The smallest absolute Gasteiger partial charge is 0.343 e. The molecule has 0 unspecified atom stereocenters. The number of hydrogen-bond acceptors (Lipinski definition) is 4. The van der Waals surface area contributed by atoms with Gasteiger partial charge in [-0.15, -0.1) is 0 Å². The summed E-state index contributed by atoms with van der Waals surface area (Å²) in [7, 11) is 1.20. The minimum Gasteiger partial charge on any atom is -0.462 e. The normalized spacial score (nSPS) is 10.7. The van der Waals surface area contributed by atoms with Gasteiger partial charge in [0.15, 0.2) is 17.5 Å². The lowest BCUT2D eigenvalue weighted by atomic mass is 10.1. The summed E-state index contributed by atoms with van der Waals surface area (Å²) in [5, 5.41) is 1.48. The van der Waals surface area contributed by atoms with E-state index in [9.17, 15) is 27.6 Å². The first kappa shape index (κ1) is 16.5. The summed E-state index contributed by atoms with van der Waals surface area (Å²) in [6.07, 6.45) is 0.724. The van der Waals surface area contributed by atoms with Crippen LogP contribution in [0.3, 0.4) is 0 Å². The Morgan fingerprint density at radius 1 is 1.26 bits per heavy atom. The van der Waals surface area contributed by atoms with Crippen LogP contribution in [-0.2, 0) is 4.74 Å². The zero-order chi connectivity index (χ0) is 17.3. The van der Waals surface area contributed by atoms with E-state index in [1.807, 2.05) is 0 Å². The summed E-state index contributed by atoms with van der Waals surface area (Å²) in [4.78, 5) is 35.8. The summed E-state index contributed by atoms with van der Waals surface area (Å²) < 4.78 is 46.0. The Hall–Kier alpha value is -2.84. The number of pyridine rings is 1. The zero-order valence-electron chi connectivity index (χ0n) is 12.1. The Kier molecular flexibility index (Phi) is 4.39. The van der Waals surface area contributed by atoms with Crippen molar-refractivity contribution in [3.05, 3.63) is 45.5 Å². The molecule has 0 aliphatic rings. The molecule has 0 aliphatic carbocycles. The molecule has 122 valence electrons. The largest absolute Gasteiger partial charge is 0.462 e. The van der Waals surface area contributed by atoms with E-state index < -0.39 is 51.3 Å². The van der Waals surface area contributed by atoms with Crippen LogP contribution in [-0.4, -0.2) is 30.2 Å². The molecule has 1 N–H and O–H groups in total. The number of halogens is 3. The molecule has 0 radical (unpaired) electrons. The van der Waals surface area contributed by atoms with Crippen molar-refractivity contribution in [1.82, 2.24) is 9.88 Å². The molecule has 6 nitrogen and oxygen atoms in total. The van der Waals surface area contributed by atoms with Crippen molar-refractivity contribution in [3.63, 3.8) is 0 Å².